The van der Waals surface area contributed by atoms with Crippen molar-refractivity contribution in [2.75, 3.05) is 11.6 Å². The van der Waals surface area contributed by atoms with Crippen molar-refractivity contribution in [1.82, 2.24) is 9.97 Å². The van der Waals surface area contributed by atoms with Crippen molar-refractivity contribution in [1.29, 1.82) is 0 Å². The van der Waals surface area contributed by atoms with Gasteiger partial charge < -0.3 is 10.4 Å². The summed E-state index contributed by atoms with van der Waals surface area (Å²) in [5.74, 6) is 0.754. The van der Waals surface area contributed by atoms with Gasteiger partial charge >= 0.3 is 0 Å². The monoisotopic (exact) mass is 404 g/mol. The van der Waals surface area contributed by atoms with E-state index in [4.69, 9.17) is 0 Å². The summed E-state index contributed by atoms with van der Waals surface area (Å²) in [5.41, 5.74) is 3.04. The molecule has 0 radical (unpaired) electrons. The number of aromatic nitrogens is 2. The second-order valence-electron chi connectivity index (χ2n) is 6.75. The first-order valence-corrected chi connectivity index (χ1v) is 10.9. The zero-order chi connectivity index (χ0) is 20.4. The molecule has 4 rings (SSSR count). The molecule has 6 nitrogen and oxygen atoms in total. The molecule has 0 saturated heterocycles. The van der Waals surface area contributed by atoms with E-state index in [9.17, 15) is 9.32 Å². The Morgan fingerprint density at radius 3 is 2.59 bits per heavy atom. The minimum Gasteiger partial charge on any atom is -0.508 e. The van der Waals surface area contributed by atoms with Crippen molar-refractivity contribution >= 4 is 37.8 Å². The van der Waals surface area contributed by atoms with Crippen LogP contribution in [0.15, 0.2) is 82.3 Å². The zero-order valence-electron chi connectivity index (χ0n) is 16.0. The maximum absolute atomic E-state index is 13.1. The van der Waals surface area contributed by atoms with Crippen molar-refractivity contribution in [2.24, 2.45) is 4.36 Å². The van der Waals surface area contributed by atoms with E-state index in [1.807, 2.05) is 55.5 Å². The van der Waals surface area contributed by atoms with E-state index in [-0.39, 0.29) is 5.75 Å². The summed E-state index contributed by atoms with van der Waals surface area (Å²) in [6.45, 7) is 1.94. The van der Waals surface area contributed by atoms with Gasteiger partial charge in [0.05, 0.1) is 20.9 Å². The third kappa shape index (κ3) is 4.05. The highest BCUT2D eigenvalue weighted by Gasteiger charge is 2.10. The first kappa shape index (κ1) is 18.9. The highest BCUT2D eigenvalue weighted by molar-refractivity contribution is 7.93. The lowest BCUT2D eigenvalue weighted by molar-refractivity contribution is 0.475. The summed E-state index contributed by atoms with van der Waals surface area (Å²) in [7, 11) is -2.59. The Kier molecular flexibility index (Phi) is 4.90. The first-order chi connectivity index (χ1) is 13.9. The van der Waals surface area contributed by atoms with Crippen LogP contribution >= 0.6 is 0 Å². The zero-order valence-corrected chi connectivity index (χ0v) is 16.9. The molecular formula is C22H20N4O2S. The Bertz CT molecular complexity index is 1310. The predicted molar refractivity (Wildman–Crippen MR) is 117 cm³/mol. The topological polar surface area (TPSA) is 87.5 Å². The van der Waals surface area contributed by atoms with Crippen LogP contribution in [0.25, 0.3) is 10.9 Å². The number of hydrogen-bond donors (Lipinski definition) is 2. The number of nitrogens with zero attached hydrogens (tertiary/aromatic N) is 3. The fourth-order valence-electron chi connectivity index (χ4n) is 3.00. The lowest BCUT2D eigenvalue weighted by Crippen LogP contribution is -1.98. The molecule has 3 aromatic carbocycles. The number of phenolic OH excluding ortho intramolecular Hbond substituents is 1. The SMILES string of the molecule is Cc1ccc(O)cc1Nc1ncnc2ccc(N=[S@@](C)(=O)c3ccccc3)cc12. The number of hydrogen-bond acceptors (Lipinski definition) is 6. The van der Waals surface area contributed by atoms with Gasteiger partial charge in [-0.1, -0.05) is 24.3 Å². The number of aromatic hydroxyl groups is 1. The van der Waals surface area contributed by atoms with Crippen LogP contribution in [0.1, 0.15) is 5.56 Å². The number of phenols is 1. The molecule has 1 aromatic heterocycles. The lowest BCUT2D eigenvalue weighted by atomic mass is 10.1. The van der Waals surface area contributed by atoms with Crippen LogP contribution in [0.3, 0.4) is 0 Å². The minimum atomic E-state index is -2.59. The molecule has 146 valence electrons. The van der Waals surface area contributed by atoms with Gasteiger partial charge in [-0.2, -0.15) is 4.36 Å². The lowest BCUT2D eigenvalue weighted by Gasteiger charge is -2.11. The number of benzene rings is 3. The van der Waals surface area contributed by atoms with E-state index >= 15 is 0 Å². The smallest absolute Gasteiger partial charge is 0.141 e. The second kappa shape index (κ2) is 7.52. The van der Waals surface area contributed by atoms with Gasteiger partial charge in [-0.05, 0) is 48.9 Å². The molecule has 7 heteroatoms. The number of rotatable bonds is 4. The van der Waals surface area contributed by atoms with Crippen LogP contribution in [-0.2, 0) is 9.73 Å². The highest BCUT2D eigenvalue weighted by Crippen LogP contribution is 2.30. The molecule has 0 amide bonds. The third-order valence-corrected chi connectivity index (χ3v) is 6.26. The maximum atomic E-state index is 13.1. The molecule has 0 saturated carbocycles. The number of aryl methyl sites for hydroxylation is 1. The standard InChI is InChI=1S/C22H20N4O2S/c1-15-8-10-17(27)13-21(15)25-22-19-12-16(9-11-20(19)23-14-24-22)26-29(2,28)18-6-4-3-5-7-18/h3-14,27H,1-2H3,(H,23,24,25)/t29-/m0/s1. The fourth-order valence-corrected chi connectivity index (χ4v) is 4.28. The Morgan fingerprint density at radius 2 is 1.79 bits per heavy atom. The van der Waals surface area contributed by atoms with Crippen LogP contribution in [0, 0.1) is 6.92 Å². The molecule has 1 heterocycles. The molecule has 1 atom stereocenters. The summed E-state index contributed by atoms with van der Waals surface area (Å²) in [6, 6.07) is 19.8. The van der Waals surface area contributed by atoms with E-state index in [0.717, 1.165) is 22.2 Å². The summed E-state index contributed by atoms with van der Waals surface area (Å²) in [5, 5.41) is 13.8. The third-order valence-electron chi connectivity index (χ3n) is 4.55. The van der Waals surface area contributed by atoms with Crippen LogP contribution < -0.4 is 5.32 Å². The van der Waals surface area contributed by atoms with Gasteiger partial charge in [0.2, 0.25) is 0 Å². The van der Waals surface area contributed by atoms with Gasteiger partial charge in [0.25, 0.3) is 0 Å². The van der Waals surface area contributed by atoms with Crippen molar-refractivity contribution in [3.05, 3.63) is 78.6 Å². The Labute approximate surface area is 169 Å². The average Bonchev–Trinajstić information content (AvgIpc) is 2.71. The minimum absolute atomic E-state index is 0.167. The molecule has 0 spiro atoms. The van der Waals surface area contributed by atoms with E-state index < -0.39 is 9.73 Å². The van der Waals surface area contributed by atoms with Crippen LogP contribution in [0.2, 0.25) is 0 Å². The van der Waals surface area contributed by atoms with Gasteiger partial charge in [0.15, 0.2) is 0 Å². The molecule has 0 aliphatic heterocycles. The number of nitrogens with one attached hydrogen (secondary N) is 1. The summed E-state index contributed by atoms with van der Waals surface area (Å²) in [6.07, 6.45) is 3.11. The quantitative estimate of drug-likeness (QED) is 0.490. The number of anilines is 2. The summed E-state index contributed by atoms with van der Waals surface area (Å²) in [4.78, 5) is 9.34. The molecular weight excluding hydrogens is 384 g/mol. The van der Waals surface area contributed by atoms with Gasteiger partial charge in [-0.25, -0.2) is 14.2 Å². The van der Waals surface area contributed by atoms with Crippen LogP contribution in [-0.4, -0.2) is 25.5 Å². The van der Waals surface area contributed by atoms with Crippen molar-refractivity contribution in [3.8, 4) is 5.75 Å². The van der Waals surface area contributed by atoms with E-state index in [2.05, 4.69) is 19.6 Å². The number of fused-ring (bicyclic) bond motifs is 1. The molecule has 2 N–H and O–H groups in total. The molecule has 0 unspecified atom stereocenters. The van der Waals surface area contributed by atoms with Gasteiger partial charge in [-0.3, -0.25) is 0 Å². The molecule has 4 aromatic rings. The average molecular weight is 404 g/mol. The fraction of sp³-hybridized carbons (Fsp3) is 0.0909. The predicted octanol–water partition coefficient (Wildman–Crippen LogP) is 5.18. The Morgan fingerprint density at radius 1 is 1.00 bits per heavy atom. The van der Waals surface area contributed by atoms with E-state index in [1.165, 1.54) is 6.33 Å². The van der Waals surface area contributed by atoms with E-state index in [1.54, 1.807) is 24.5 Å². The Balaban J connectivity index is 1.80. The van der Waals surface area contributed by atoms with Crippen LogP contribution in [0.5, 0.6) is 5.75 Å². The van der Waals surface area contributed by atoms with E-state index in [0.29, 0.717) is 16.4 Å². The van der Waals surface area contributed by atoms with Gasteiger partial charge in [0.1, 0.15) is 17.9 Å². The normalized spacial score (nSPS) is 13.0. The van der Waals surface area contributed by atoms with Crippen LogP contribution in [0.4, 0.5) is 17.2 Å². The molecule has 29 heavy (non-hydrogen) atoms. The molecule has 0 aliphatic carbocycles. The van der Waals surface area contributed by atoms with Crippen molar-refractivity contribution in [3.63, 3.8) is 0 Å². The maximum Gasteiger partial charge on any atom is 0.141 e. The van der Waals surface area contributed by atoms with Crippen molar-refractivity contribution < 1.29 is 9.32 Å². The largest absolute Gasteiger partial charge is 0.508 e. The Hall–Kier alpha value is -3.45. The molecule has 0 bridgehead atoms. The van der Waals surface area contributed by atoms with Gasteiger partial charge in [0, 0.05) is 28.3 Å². The summed E-state index contributed by atoms with van der Waals surface area (Å²) >= 11 is 0. The second-order valence-corrected chi connectivity index (χ2v) is 9.01. The molecule has 0 fully saturated rings. The van der Waals surface area contributed by atoms with Crippen molar-refractivity contribution in [2.45, 2.75) is 11.8 Å². The van der Waals surface area contributed by atoms with Gasteiger partial charge in [-0.15, -0.1) is 0 Å². The highest BCUT2D eigenvalue weighted by atomic mass is 32.2. The molecule has 0 aliphatic rings. The summed E-state index contributed by atoms with van der Waals surface area (Å²) < 4.78 is 17.6. The first-order valence-electron chi connectivity index (χ1n) is 9.01.